The predicted molar refractivity (Wildman–Crippen MR) is 76.3 cm³/mol. The molecular formula is C16H18N2O3. The molecule has 0 bridgehead atoms. The fourth-order valence-corrected chi connectivity index (χ4v) is 2.85. The normalized spacial score (nSPS) is 23.0. The molecule has 110 valence electrons. The first kappa shape index (κ1) is 13.8. The first-order chi connectivity index (χ1) is 10.1. The Balaban J connectivity index is 1.79. The molecular weight excluding hydrogens is 268 g/mol. The van der Waals surface area contributed by atoms with E-state index >= 15 is 0 Å². The second-order valence-corrected chi connectivity index (χ2v) is 5.51. The van der Waals surface area contributed by atoms with Crippen molar-refractivity contribution in [3.63, 3.8) is 0 Å². The van der Waals surface area contributed by atoms with Crippen LogP contribution in [0.4, 0.5) is 0 Å². The van der Waals surface area contributed by atoms with E-state index in [-0.39, 0.29) is 11.9 Å². The fraction of sp³-hybridized carbons (Fsp3) is 0.375. The van der Waals surface area contributed by atoms with E-state index in [9.17, 15) is 9.90 Å². The average Bonchev–Trinajstić information content (AvgIpc) is 3.06. The molecule has 5 heteroatoms. The third-order valence-electron chi connectivity index (χ3n) is 3.93. The van der Waals surface area contributed by atoms with Crippen molar-refractivity contribution < 1.29 is 14.6 Å². The van der Waals surface area contributed by atoms with E-state index in [0.29, 0.717) is 13.0 Å². The van der Waals surface area contributed by atoms with Gasteiger partial charge >= 0.3 is 5.97 Å². The zero-order valence-electron chi connectivity index (χ0n) is 11.8. The summed E-state index contributed by atoms with van der Waals surface area (Å²) in [5.74, 6) is -0.913. The molecule has 0 amide bonds. The van der Waals surface area contributed by atoms with E-state index in [1.165, 1.54) is 0 Å². The lowest BCUT2D eigenvalue weighted by molar-refractivity contribution is -0.144. The van der Waals surface area contributed by atoms with Crippen molar-refractivity contribution >= 4 is 5.97 Å². The molecule has 2 heterocycles. The molecule has 1 aliphatic heterocycles. The van der Waals surface area contributed by atoms with Gasteiger partial charge in [0.1, 0.15) is 0 Å². The van der Waals surface area contributed by atoms with Gasteiger partial charge in [-0.25, -0.2) is 4.98 Å². The summed E-state index contributed by atoms with van der Waals surface area (Å²) in [6.07, 6.45) is 3.45. The van der Waals surface area contributed by atoms with Crippen LogP contribution in [0.25, 0.3) is 0 Å². The van der Waals surface area contributed by atoms with Crippen LogP contribution in [0.15, 0.2) is 42.9 Å². The highest BCUT2D eigenvalue weighted by Crippen LogP contribution is 2.35. The van der Waals surface area contributed by atoms with Gasteiger partial charge in [0.15, 0.2) is 0 Å². The Bertz CT molecular complexity index is 623. The summed E-state index contributed by atoms with van der Waals surface area (Å²) in [6, 6.07) is 9.25. The molecule has 0 radical (unpaired) electrons. The first-order valence-corrected chi connectivity index (χ1v) is 7.01. The van der Waals surface area contributed by atoms with Crippen LogP contribution in [-0.2, 0) is 23.0 Å². The minimum absolute atomic E-state index is 0.0531. The van der Waals surface area contributed by atoms with Gasteiger partial charge in [-0.05, 0) is 12.0 Å². The first-order valence-electron chi connectivity index (χ1n) is 7.01. The van der Waals surface area contributed by atoms with Crippen LogP contribution in [0.5, 0.6) is 0 Å². The van der Waals surface area contributed by atoms with Gasteiger partial charge in [-0.3, -0.25) is 4.79 Å². The fourth-order valence-electron chi connectivity index (χ4n) is 2.85. The number of aliphatic hydroxyl groups excluding tert-OH is 1. The predicted octanol–water partition coefficient (Wildman–Crippen LogP) is 1.49. The van der Waals surface area contributed by atoms with Crippen LogP contribution < -0.4 is 0 Å². The monoisotopic (exact) mass is 286 g/mol. The van der Waals surface area contributed by atoms with Gasteiger partial charge in [-0.15, -0.1) is 0 Å². The summed E-state index contributed by atoms with van der Waals surface area (Å²) in [5, 5.41) is 10.5. The van der Waals surface area contributed by atoms with Crippen molar-refractivity contribution in [2.45, 2.75) is 12.5 Å². The molecule has 1 aromatic heterocycles. The molecule has 3 atom stereocenters. The Hall–Kier alpha value is -2.14. The van der Waals surface area contributed by atoms with Crippen LogP contribution in [-0.4, -0.2) is 27.2 Å². The number of esters is 1. The van der Waals surface area contributed by atoms with E-state index in [0.717, 1.165) is 11.3 Å². The summed E-state index contributed by atoms with van der Waals surface area (Å²) in [5.41, 5.74) is 1.65. The van der Waals surface area contributed by atoms with Crippen LogP contribution in [0, 0.1) is 11.8 Å². The minimum Gasteiger partial charge on any atom is -0.465 e. The maximum atomic E-state index is 12.0. The minimum atomic E-state index is -0.838. The molecule has 3 rings (SSSR count). The van der Waals surface area contributed by atoms with Crippen LogP contribution in [0.3, 0.4) is 0 Å². The molecule has 0 spiro atoms. The highest BCUT2D eigenvalue weighted by molar-refractivity contribution is 5.75. The Morgan fingerprint density at radius 3 is 2.86 bits per heavy atom. The molecule has 0 aliphatic carbocycles. The number of hydrogen-bond donors (Lipinski definition) is 1. The Labute approximate surface area is 123 Å². The van der Waals surface area contributed by atoms with Gasteiger partial charge in [0.2, 0.25) is 0 Å². The number of benzene rings is 1. The van der Waals surface area contributed by atoms with Crippen molar-refractivity contribution in [2.75, 3.05) is 6.61 Å². The van der Waals surface area contributed by atoms with Crippen molar-refractivity contribution in [1.82, 2.24) is 9.55 Å². The summed E-state index contributed by atoms with van der Waals surface area (Å²) in [7, 11) is 1.91. The van der Waals surface area contributed by atoms with Gasteiger partial charge < -0.3 is 14.4 Å². The second-order valence-electron chi connectivity index (χ2n) is 5.51. The number of hydrogen-bond acceptors (Lipinski definition) is 4. The highest BCUT2D eigenvalue weighted by Gasteiger charge is 2.42. The largest absolute Gasteiger partial charge is 0.465 e. The topological polar surface area (TPSA) is 64.4 Å². The summed E-state index contributed by atoms with van der Waals surface area (Å²) in [4.78, 5) is 16.3. The molecule has 0 saturated carbocycles. The van der Waals surface area contributed by atoms with E-state index in [2.05, 4.69) is 4.98 Å². The number of imidazole rings is 1. The Morgan fingerprint density at radius 2 is 2.19 bits per heavy atom. The van der Waals surface area contributed by atoms with E-state index in [4.69, 9.17) is 4.74 Å². The van der Waals surface area contributed by atoms with Crippen molar-refractivity contribution in [1.29, 1.82) is 0 Å². The van der Waals surface area contributed by atoms with Crippen LogP contribution in [0.2, 0.25) is 0 Å². The number of ether oxygens (including phenoxy) is 1. The molecule has 1 aliphatic rings. The second kappa shape index (κ2) is 5.69. The molecule has 2 aromatic rings. The van der Waals surface area contributed by atoms with Crippen molar-refractivity contribution in [3.05, 3.63) is 54.1 Å². The maximum Gasteiger partial charge on any atom is 0.312 e. The third-order valence-corrected chi connectivity index (χ3v) is 3.93. The SMILES string of the molecule is Cn1cnc(C[C@H]2COC(=O)[C@@H]2[C@H](O)c2ccccc2)c1. The maximum absolute atomic E-state index is 12.0. The summed E-state index contributed by atoms with van der Waals surface area (Å²) >= 11 is 0. The molecule has 1 aromatic carbocycles. The van der Waals surface area contributed by atoms with Gasteiger partial charge in [-0.2, -0.15) is 0 Å². The number of nitrogens with zero attached hydrogens (tertiary/aromatic N) is 2. The molecule has 1 fully saturated rings. The molecule has 1 N–H and O–H groups in total. The summed E-state index contributed by atoms with van der Waals surface area (Å²) < 4.78 is 7.04. The number of rotatable bonds is 4. The Kier molecular flexibility index (Phi) is 3.75. The number of cyclic esters (lactones) is 1. The van der Waals surface area contributed by atoms with E-state index in [1.807, 2.05) is 48.1 Å². The lowest BCUT2D eigenvalue weighted by atomic mass is 9.84. The van der Waals surface area contributed by atoms with E-state index < -0.39 is 12.0 Å². The smallest absolute Gasteiger partial charge is 0.312 e. The Morgan fingerprint density at radius 1 is 1.43 bits per heavy atom. The number of carbonyl (C=O) groups excluding carboxylic acids is 1. The summed E-state index contributed by atoms with van der Waals surface area (Å²) in [6.45, 7) is 0.337. The zero-order chi connectivity index (χ0) is 14.8. The van der Waals surface area contributed by atoms with Crippen molar-refractivity contribution in [2.24, 2.45) is 18.9 Å². The third kappa shape index (κ3) is 2.83. The van der Waals surface area contributed by atoms with Gasteiger partial charge in [0.05, 0.1) is 30.7 Å². The number of aryl methyl sites for hydroxylation is 1. The van der Waals surface area contributed by atoms with Crippen LogP contribution in [0.1, 0.15) is 17.4 Å². The quantitative estimate of drug-likeness (QED) is 0.865. The molecule has 5 nitrogen and oxygen atoms in total. The van der Waals surface area contributed by atoms with Gasteiger partial charge in [0, 0.05) is 19.2 Å². The van der Waals surface area contributed by atoms with Crippen molar-refractivity contribution in [3.8, 4) is 0 Å². The average molecular weight is 286 g/mol. The van der Waals surface area contributed by atoms with E-state index in [1.54, 1.807) is 6.33 Å². The standard InChI is InChI=1S/C16H18N2O3/c1-18-8-13(17-10-18)7-12-9-21-16(20)14(12)15(19)11-5-3-2-4-6-11/h2-6,8,10,12,14-15,19H,7,9H2,1H3/t12-,14-,15+/m0/s1. The highest BCUT2D eigenvalue weighted by atomic mass is 16.5. The van der Waals surface area contributed by atoms with Gasteiger partial charge in [-0.1, -0.05) is 30.3 Å². The van der Waals surface area contributed by atoms with Crippen LogP contribution >= 0.6 is 0 Å². The molecule has 0 unspecified atom stereocenters. The number of aliphatic hydroxyl groups is 1. The lowest BCUT2D eigenvalue weighted by Gasteiger charge is -2.20. The number of aromatic nitrogens is 2. The zero-order valence-corrected chi connectivity index (χ0v) is 11.8. The van der Waals surface area contributed by atoms with Gasteiger partial charge in [0.25, 0.3) is 0 Å². The lowest BCUT2D eigenvalue weighted by Crippen LogP contribution is -2.25. The number of carbonyl (C=O) groups is 1. The molecule has 21 heavy (non-hydrogen) atoms. The molecule has 1 saturated heterocycles.